The summed E-state index contributed by atoms with van der Waals surface area (Å²) in [6, 6.07) is 5.65. The number of anilines is 1. The molecule has 1 fully saturated rings. The van der Waals surface area contributed by atoms with Crippen molar-refractivity contribution in [2.24, 2.45) is 4.40 Å². The Morgan fingerprint density at radius 3 is 2.88 bits per heavy atom. The molecule has 1 aromatic carbocycles. The maximum absolute atomic E-state index is 13.5. The monoisotopic (exact) mass is 472 g/mol. The van der Waals surface area contributed by atoms with Crippen LogP contribution >= 0.6 is 0 Å². The molecule has 1 N–H and O–H groups in total. The first-order valence-corrected chi connectivity index (χ1v) is 12.6. The molecule has 1 saturated heterocycles. The molecular weight excluding hydrogens is 444 g/mol. The summed E-state index contributed by atoms with van der Waals surface area (Å²) >= 11 is 0. The van der Waals surface area contributed by atoms with E-state index in [0.717, 1.165) is 24.0 Å². The van der Waals surface area contributed by atoms with Gasteiger partial charge in [-0.3, -0.25) is 9.59 Å². The molecule has 176 valence electrons. The van der Waals surface area contributed by atoms with Crippen molar-refractivity contribution in [1.82, 2.24) is 9.80 Å². The van der Waals surface area contributed by atoms with Crippen LogP contribution in [0.1, 0.15) is 24.0 Å². The Balaban J connectivity index is 1.57. The summed E-state index contributed by atoms with van der Waals surface area (Å²) in [5.41, 5.74) is 2.85. The SMILES string of the molecule is Cc1cccc(NC(=O)CN(CC2CCCO2)C(=O)C2=CC=CN3CCS(=O)(=O)N=C23)c1C. The zero-order chi connectivity index (χ0) is 23.6. The van der Waals surface area contributed by atoms with Gasteiger partial charge in [-0.05, 0) is 56.0 Å². The van der Waals surface area contributed by atoms with Gasteiger partial charge in [0.15, 0.2) is 5.84 Å². The van der Waals surface area contributed by atoms with Crippen LogP contribution in [0.3, 0.4) is 0 Å². The van der Waals surface area contributed by atoms with Gasteiger partial charge in [0.2, 0.25) is 5.91 Å². The predicted molar refractivity (Wildman–Crippen MR) is 125 cm³/mol. The van der Waals surface area contributed by atoms with E-state index >= 15 is 0 Å². The molecule has 10 heteroatoms. The lowest BCUT2D eigenvalue weighted by Crippen LogP contribution is -2.47. The second kappa shape index (κ2) is 9.48. The fourth-order valence-corrected chi connectivity index (χ4v) is 5.04. The van der Waals surface area contributed by atoms with Crippen LogP contribution in [-0.4, -0.2) is 74.0 Å². The van der Waals surface area contributed by atoms with Crippen molar-refractivity contribution in [3.05, 3.63) is 53.3 Å². The van der Waals surface area contributed by atoms with Crippen molar-refractivity contribution in [1.29, 1.82) is 0 Å². The van der Waals surface area contributed by atoms with Crippen LogP contribution in [0.15, 0.2) is 46.5 Å². The van der Waals surface area contributed by atoms with Gasteiger partial charge in [-0.1, -0.05) is 12.1 Å². The van der Waals surface area contributed by atoms with Gasteiger partial charge in [0.1, 0.15) is 6.54 Å². The van der Waals surface area contributed by atoms with E-state index < -0.39 is 15.9 Å². The molecule has 9 nitrogen and oxygen atoms in total. The first-order valence-electron chi connectivity index (χ1n) is 11.0. The number of rotatable bonds is 6. The van der Waals surface area contributed by atoms with Gasteiger partial charge in [-0.25, -0.2) is 8.42 Å². The molecule has 1 atom stereocenters. The van der Waals surface area contributed by atoms with Gasteiger partial charge < -0.3 is 19.9 Å². The van der Waals surface area contributed by atoms with E-state index in [1.165, 1.54) is 4.90 Å². The number of allylic oxidation sites excluding steroid dienone is 2. The van der Waals surface area contributed by atoms with Crippen LogP contribution in [0.5, 0.6) is 0 Å². The number of fused-ring (bicyclic) bond motifs is 1. The van der Waals surface area contributed by atoms with Crippen LogP contribution in [0.2, 0.25) is 0 Å². The predicted octanol–water partition coefficient (Wildman–Crippen LogP) is 1.75. The molecule has 0 saturated carbocycles. The number of carbonyl (C=O) groups is 2. The van der Waals surface area contributed by atoms with Crippen LogP contribution in [-0.2, 0) is 24.3 Å². The number of benzene rings is 1. The number of amidine groups is 1. The average Bonchev–Trinajstić information content (AvgIpc) is 3.28. The van der Waals surface area contributed by atoms with Crippen molar-refractivity contribution in [2.75, 3.05) is 37.3 Å². The first-order chi connectivity index (χ1) is 15.7. The highest BCUT2D eigenvalue weighted by molar-refractivity contribution is 7.90. The maximum Gasteiger partial charge on any atom is 0.258 e. The van der Waals surface area contributed by atoms with Gasteiger partial charge in [-0.2, -0.15) is 0 Å². The third kappa shape index (κ3) is 5.33. The molecule has 0 radical (unpaired) electrons. The number of carbonyl (C=O) groups excluding carboxylic acids is 2. The van der Waals surface area contributed by atoms with E-state index in [9.17, 15) is 18.0 Å². The third-order valence-electron chi connectivity index (χ3n) is 6.04. The molecular formula is C23H28N4O5S. The normalized spacial score (nSPS) is 21.2. The molecule has 4 rings (SSSR count). The first kappa shape index (κ1) is 23.2. The molecule has 33 heavy (non-hydrogen) atoms. The summed E-state index contributed by atoms with van der Waals surface area (Å²) in [5, 5.41) is 2.89. The Labute approximate surface area is 193 Å². The summed E-state index contributed by atoms with van der Waals surface area (Å²) in [6.45, 7) is 4.78. The van der Waals surface area contributed by atoms with Gasteiger partial charge in [0.05, 0.1) is 17.4 Å². The van der Waals surface area contributed by atoms with Crippen LogP contribution in [0.4, 0.5) is 5.69 Å². The fourth-order valence-electron chi connectivity index (χ4n) is 4.06. The van der Waals surface area contributed by atoms with Crippen molar-refractivity contribution < 1.29 is 22.7 Å². The van der Waals surface area contributed by atoms with E-state index in [4.69, 9.17) is 4.74 Å². The van der Waals surface area contributed by atoms with E-state index in [1.54, 1.807) is 23.3 Å². The Bertz CT molecular complexity index is 1150. The van der Waals surface area contributed by atoms with E-state index in [2.05, 4.69) is 9.71 Å². The minimum Gasteiger partial charge on any atom is -0.376 e. The van der Waals surface area contributed by atoms with Crippen molar-refractivity contribution in [2.45, 2.75) is 32.8 Å². The summed E-state index contributed by atoms with van der Waals surface area (Å²) in [6.07, 6.45) is 6.44. The van der Waals surface area contributed by atoms with Gasteiger partial charge in [-0.15, -0.1) is 4.40 Å². The highest BCUT2D eigenvalue weighted by Gasteiger charge is 2.34. The zero-order valence-corrected chi connectivity index (χ0v) is 19.6. The van der Waals surface area contributed by atoms with E-state index in [1.807, 2.05) is 32.0 Å². The lowest BCUT2D eigenvalue weighted by molar-refractivity contribution is -0.132. The van der Waals surface area contributed by atoms with Crippen LogP contribution < -0.4 is 5.32 Å². The summed E-state index contributed by atoms with van der Waals surface area (Å²) in [7, 11) is -3.64. The minimum absolute atomic E-state index is 0.0982. The van der Waals surface area contributed by atoms with Crippen molar-refractivity contribution >= 4 is 33.4 Å². The molecule has 1 aromatic rings. The Morgan fingerprint density at radius 2 is 2.12 bits per heavy atom. The molecule has 3 aliphatic rings. The molecule has 3 aliphatic heterocycles. The standard InChI is InChI=1S/C23H28N4O5S/c1-16-6-3-9-20(17(16)2)24-21(28)15-27(14-18-7-5-12-32-18)23(29)19-8-4-10-26-11-13-33(30,31)25-22(19)26/h3-4,6,8-10,18H,5,7,11-15H2,1-2H3,(H,24,28). The third-order valence-corrected chi connectivity index (χ3v) is 7.19. The Hall–Kier alpha value is -2.98. The smallest absolute Gasteiger partial charge is 0.258 e. The summed E-state index contributed by atoms with van der Waals surface area (Å²) < 4.78 is 33.7. The summed E-state index contributed by atoms with van der Waals surface area (Å²) in [4.78, 5) is 29.5. The number of amides is 2. The van der Waals surface area contributed by atoms with E-state index in [0.29, 0.717) is 12.3 Å². The fraction of sp³-hybridized carbons (Fsp3) is 0.435. The van der Waals surface area contributed by atoms with Crippen molar-refractivity contribution in [3.8, 4) is 0 Å². The number of hydrogen-bond donors (Lipinski definition) is 1. The molecule has 0 spiro atoms. The second-order valence-corrected chi connectivity index (χ2v) is 10.2. The molecule has 0 bridgehead atoms. The lowest BCUT2D eigenvalue weighted by atomic mass is 10.1. The summed E-state index contributed by atoms with van der Waals surface area (Å²) in [5.74, 6) is -0.801. The minimum atomic E-state index is -3.64. The van der Waals surface area contributed by atoms with Gasteiger partial charge in [0.25, 0.3) is 15.9 Å². The molecule has 0 aromatic heterocycles. The number of hydrogen-bond acceptors (Lipinski definition) is 6. The van der Waals surface area contributed by atoms with Crippen molar-refractivity contribution in [3.63, 3.8) is 0 Å². The van der Waals surface area contributed by atoms with Gasteiger partial charge >= 0.3 is 0 Å². The van der Waals surface area contributed by atoms with Crippen LogP contribution in [0, 0.1) is 13.8 Å². The average molecular weight is 473 g/mol. The Morgan fingerprint density at radius 1 is 1.30 bits per heavy atom. The maximum atomic E-state index is 13.5. The highest BCUT2D eigenvalue weighted by Crippen LogP contribution is 2.22. The Kier molecular flexibility index (Phi) is 6.66. The topological polar surface area (TPSA) is 108 Å². The number of ether oxygens (including phenoxy) is 1. The molecule has 0 aliphatic carbocycles. The quantitative estimate of drug-likeness (QED) is 0.676. The molecule has 2 amide bonds. The number of nitrogens with one attached hydrogen (secondary N) is 1. The lowest BCUT2D eigenvalue weighted by Gasteiger charge is -2.32. The highest BCUT2D eigenvalue weighted by atomic mass is 32.2. The zero-order valence-electron chi connectivity index (χ0n) is 18.8. The van der Waals surface area contributed by atoms with Crippen LogP contribution in [0.25, 0.3) is 0 Å². The van der Waals surface area contributed by atoms with Gasteiger partial charge in [0, 0.05) is 31.6 Å². The largest absolute Gasteiger partial charge is 0.376 e. The number of nitrogens with zero attached hydrogens (tertiary/aromatic N) is 3. The van der Waals surface area contributed by atoms with E-state index in [-0.39, 0.29) is 48.8 Å². The molecule has 3 heterocycles. The second-order valence-electron chi connectivity index (χ2n) is 8.43. The molecule has 1 unspecified atom stereocenters. The number of sulfonamides is 1. The number of aryl methyl sites for hydroxylation is 1.